The molecule has 2 saturated heterocycles. The number of piperidine rings is 1. The van der Waals surface area contributed by atoms with Gasteiger partial charge in [0.05, 0.1) is 34.7 Å². The molecule has 44 heavy (non-hydrogen) atoms. The van der Waals surface area contributed by atoms with Crippen LogP contribution >= 0.6 is 0 Å². The topological polar surface area (TPSA) is 124 Å². The molecule has 0 radical (unpaired) electrons. The third-order valence-corrected chi connectivity index (χ3v) is 7.70. The Kier molecular flexibility index (Phi) is 9.22. The summed E-state index contributed by atoms with van der Waals surface area (Å²) in [6.07, 6.45) is -3.39. The number of halogens is 3. The molecule has 0 spiro atoms. The molecule has 0 aliphatic carbocycles. The summed E-state index contributed by atoms with van der Waals surface area (Å²) in [4.78, 5) is 26.5. The quantitative estimate of drug-likeness (QED) is 0.386. The van der Waals surface area contributed by atoms with E-state index >= 15 is 0 Å². The third-order valence-electron chi connectivity index (χ3n) is 7.70. The van der Waals surface area contributed by atoms with E-state index in [0.717, 1.165) is 31.2 Å². The van der Waals surface area contributed by atoms with Crippen LogP contribution in [0.3, 0.4) is 0 Å². The van der Waals surface area contributed by atoms with Crippen molar-refractivity contribution in [3.63, 3.8) is 0 Å². The number of hydrogen-bond donors (Lipinski definition) is 2. The van der Waals surface area contributed by atoms with Crippen molar-refractivity contribution < 1.29 is 32.5 Å². The van der Waals surface area contributed by atoms with Crippen molar-refractivity contribution >= 4 is 11.6 Å². The van der Waals surface area contributed by atoms with Crippen molar-refractivity contribution in [3.8, 4) is 29.0 Å². The minimum atomic E-state index is -4.59. The Morgan fingerprint density at radius 3 is 2.70 bits per heavy atom. The van der Waals surface area contributed by atoms with E-state index < -0.39 is 24.1 Å². The molecule has 2 N–H and O–H groups in total. The number of carbonyl (C=O) groups is 1. The maximum Gasteiger partial charge on any atom is 0.416 e. The molecular formula is C31H33F3N6O4. The van der Waals surface area contributed by atoms with E-state index in [1.165, 1.54) is 0 Å². The number of hydrogen-bond acceptors (Lipinski definition) is 9. The van der Waals surface area contributed by atoms with Gasteiger partial charge in [0.25, 0.3) is 5.91 Å². The number of nitrogens with one attached hydrogen (secondary N) is 1. The predicted octanol–water partition coefficient (Wildman–Crippen LogP) is 4.23. The molecule has 1 amide bonds. The Morgan fingerprint density at radius 1 is 1.20 bits per heavy atom. The number of anilines is 1. The summed E-state index contributed by atoms with van der Waals surface area (Å²) in [6, 6.07) is 11.5. The summed E-state index contributed by atoms with van der Waals surface area (Å²) in [6.45, 7) is 4.07. The van der Waals surface area contributed by atoms with Gasteiger partial charge in [-0.25, -0.2) is 9.97 Å². The summed E-state index contributed by atoms with van der Waals surface area (Å²) in [7, 11) is 1.99. The van der Waals surface area contributed by atoms with E-state index in [0.29, 0.717) is 42.4 Å². The highest BCUT2D eigenvalue weighted by Gasteiger charge is 2.34. The molecule has 0 bridgehead atoms. The number of nitriles is 1. The summed E-state index contributed by atoms with van der Waals surface area (Å²) in [5, 5.41) is 23.7. The van der Waals surface area contributed by atoms with Crippen molar-refractivity contribution in [2.24, 2.45) is 0 Å². The normalized spacial score (nSPS) is 20.7. The molecule has 0 saturated carbocycles. The third kappa shape index (κ3) is 6.87. The maximum absolute atomic E-state index is 13.7. The summed E-state index contributed by atoms with van der Waals surface area (Å²) < 4.78 is 50.9. The summed E-state index contributed by atoms with van der Waals surface area (Å²) >= 11 is 0. The van der Waals surface area contributed by atoms with E-state index in [1.54, 1.807) is 35.4 Å². The first-order valence-electron chi connectivity index (χ1n) is 14.4. The largest absolute Gasteiger partial charge is 0.489 e. The van der Waals surface area contributed by atoms with Crippen LogP contribution in [0.15, 0.2) is 48.7 Å². The standard InChI is InChI=1S/C31H33F3N6O4/c1-3-43-30-23(5-4-12-36-30)24-7-8-25(28(38-24)29(42)37-21-10-13-39(2)18-21)40-14-11-22(16-27(40)41)44-26-9-6-20(31(32,33)34)15-19(26)17-35/h4-9,12,15,21-22,27,41H,3,10-11,13-14,16,18H2,1-2H3,(H,37,42)/t21-,22+,27-/m1/s1. The fourth-order valence-electron chi connectivity index (χ4n) is 5.52. The Bertz CT molecular complexity index is 1550. The number of aliphatic hydroxyl groups is 1. The molecule has 4 heterocycles. The molecule has 3 aromatic rings. The summed E-state index contributed by atoms with van der Waals surface area (Å²) in [5.74, 6) is 0.0235. The van der Waals surface area contributed by atoms with Crippen LogP contribution in [0.1, 0.15) is 47.8 Å². The van der Waals surface area contributed by atoms with E-state index in [-0.39, 0.29) is 41.9 Å². The van der Waals surface area contributed by atoms with Crippen molar-refractivity contribution in [2.75, 3.05) is 38.2 Å². The van der Waals surface area contributed by atoms with Gasteiger partial charge in [-0.3, -0.25) is 4.79 Å². The lowest BCUT2D eigenvalue weighted by Gasteiger charge is -2.38. The maximum atomic E-state index is 13.7. The molecule has 2 aliphatic heterocycles. The molecule has 3 atom stereocenters. The number of pyridine rings is 2. The predicted molar refractivity (Wildman–Crippen MR) is 155 cm³/mol. The highest BCUT2D eigenvalue weighted by atomic mass is 19.4. The van der Waals surface area contributed by atoms with E-state index in [1.807, 2.05) is 20.0 Å². The van der Waals surface area contributed by atoms with Gasteiger partial charge >= 0.3 is 6.18 Å². The average molecular weight is 611 g/mol. The minimum Gasteiger partial charge on any atom is -0.489 e. The highest BCUT2D eigenvalue weighted by Crippen LogP contribution is 2.35. The lowest BCUT2D eigenvalue weighted by molar-refractivity contribution is -0.137. The van der Waals surface area contributed by atoms with E-state index in [4.69, 9.17) is 14.5 Å². The van der Waals surface area contributed by atoms with Gasteiger partial charge in [-0.05, 0) is 69.4 Å². The second kappa shape index (κ2) is 13.1. The summed E-state index contributed by atoms with van der Waals surface area (Å²) in [5.41, 5.74) is 0.483. The van der Waals surface area contributed by atoms with Crippen LogP contribution in [0.4, 0.5) is 18.9 Å². The SMILES string of the molecule is CCOc1ncccc1-c1ccc(N2CC[C@H](Oc3ccc(C(F)(F)F)cc3C#N)C[C@H]2O)c(C(=O)N[C@@H]2CCN(C)C2)n1. The zero-order valence-electron chi connectivity index (χ0n) is 24.3. The monoisotopic (exact) mass is 610 g/mol. The first-order valence-corrected chi connectivity index (χ1v) is 14.4. The van der Waals surface area contributed by atoms with Crippen molar-refractivity contribution in [3.05, 3.63) is 65.5 Å². The Morgan fingerprint density at radius 2 is 2.02 bits per heavy atom. The number of aromatic nitrogens is 2. The zero-order valence-corrected chi connectivity index (χ0v) is 24.3. The smallest absolute Gasteiger partial charge is 0.416 e. The zero-order chi connectivity index (χ0) is 31.4. The molecule has 10 nitrogen and oxygen atoms in total. The van der Waals surface area contributed by atoms with Crippen LogP contribution in [0.5, 0.6) is 11.6 Å². The lowest BCUT2D eigenvalue weighted by atomic mass is 10.0. The number of benzene rings is 1. The van der Waals surface area contributed by atoms with Crippen LogP contribution < -0.4 is 19.7 Å². The van der Waals surface area contributed by atoms with E-state index in [2.05, 4.69) is 15.2 Å². The number of carbonyl (C=O) groups excluding carboxylic acids is 1. The van der Waals surface area contributed by atoms with Crippen molar-refractivity contribution in [1.82, 2.24) is 20.2 Å². The lowest BCUT2D eigenvalue weighted by Crippen LogP contribution is -2.47. The van der Waals surface area contributed by atoms with Crippen LogP contribution in [-0.2, 0) is 6.18 Å². The molecule has 2 aromatic heterocycles. The van der Waals surface area contributed by atoms with Crippen LogP contribution in [0.25, 0.3) is 11.3 Å². The van der Waals surface area contributed by atoms with Crippen LogP contribution in [0.2, 0.25) is 0 Å². The number of rotatable bonds is 8. The number of alkyl halides is 3. The highest BCUT2D eigenvalue weighted by molar-refractivity contribution is 5.99. The number of amides is 1. The molecular weight excluding hydrogens is 577 g/mol. The van der Waals surface area contributed by atoms with Crippen LogP contribution in [-0.4, -0.2) is 77.5 Å². The molecule has 13 heteroatoms. The van der Waals surface area contributed by atoms with Gasteiger partial charge in [-0.15, -0.1) is 0 Å². The van der Waals surface area contributed by atoms with Gasteiger partial charge < -0.3 is 29.7 Å². The number of nitrogens with zero attached hydrogens (tertiary/aromatic N) is 5. The molecule has 5 rings (SSSR count). The Labute approximate surface area is 253 Å². The minimum absolute atomic E-state index is 0.0142. The van der Waals surface area contributed by atoms with Gasteiger partial charge in [-0.2, -0.15) is 18.4 Å². The molecule has 1 aromatic carbocycles. The fourth-order valence-corrected chi connectivity index (χ4v) is 5.52. The van der Waals surface area contributed by atoms with Crippen LogP contribution in [0, 0.1) is 11.3 Å². The van der Waals surface area contributed by atoms with Gasteiger partial charge in [0.1, 0.15) is 24.2 Å². The first-order chi connectivity index (χ1) is 21.1. The number of likely N-dealkylation sites (N-methyl/N-ethyl adjacent to an activating group) is 1. The molecule has 0 unspecified atom stereocenters. The Hall–Kier alpha value is -4.41. The van der Waals surface area contributed by atoms with Gasteiger partial charge in [-0.1, -0.05) is 0 Å². The second-order valence-corrected chi connectivity index (χ2v) is 10.8. The van der Waals surface area contributed by atoms with Crippen molar-refractivity contribution in [2.45, 2.75) is 50.7 Å². The second-order valence-electron chi connectivity index (χ2n) is 10.8. The fraction of sp³-hybridized carbons (Fsp3) is 0.419. The average Bonchev–Trinajstić information content (AvgIpc) is 3.41. The van der Waals surface area contributed by atoms with Gasteiger partial charge in [0.2, 0.25) is 5.88 Å². The van der Waals surface area contributed by atoms with E-state index in [9.17, 15) is 28.3 Å². The van der Waals surface area contributed by atoms with Crippen molar-refractivity contribution in [1.29, 1.82) is 5.26 Å². The van der Waals surface area contributed by atoms with Gasteiger partial charge in [0, 0.05) is 38.2 Å². The number of ether oxygens (including phenoxy) is 2. The molecule has 2 aliphatic rings. The number of aliphatic hydroxyl groups excluding tert-OH is 1. The Balaban J connectivity index is 1.40. The molecule has 232 valence electrons. The first kappa shape index (κ1) is 31.0. The number of likely N-dealkylation sites (tertiary alicyclic amines) is 1. The molecule has 2 fully saturated rings. The van der Waals surface area contributed by atoms with Gasteiger partial charge in [0.15, 0.2) is 5.69 Å².